The van der Waals surface area contributed by atoms with Gasteiger partial charge in [0.15, 0.2) is 5.96 Å². The Kier molecular flexibility index (Phi) is 2.24. The van der Waals surface area contributed by atoms with Crippen molar-refractivity contribution in [1.82, 2.24) is 14.9 Å². The second-order valence-electron chi connectivity index (χ2n) is 4.38. The first kappa shape index (κ1) is 10.1. The van der Waals surface area contributed by atoms with Crippen LogP contribution < -0.4 is 5.73 Å². The Morgan fingerprint density at radius 2 is 2.29 bits per heavy atom. The van der Waals surface area contributed by atoms with E-state index in [4.69, 9.17) is 11.1 Å². The smallest absolute Gasteiger partial charge is 0.189 e. The summed E-state index contributed by atoms with van der Waals surface area (Å²) >= 11 is 0. The molecule has 88 valence electrons. The van der Waals surface area contributed by atoms with Crippen LogP contribution in [0.3, 0.4) is 0 Å². The van der Waals surface area contributed by atoms with Gasteiger partial charge in [-0.25, -0.2) is 4.98 Å². The number of hydrogen-bond donors (Lipinski definition) is 3. The minimum atomic E-state index is 0.125. The van der Waals surface area contributed by atoms with Crippen molar-refractivity contribution in [2.75, 3.05) is 6.54 Å². The fourth-order valence-electron chi connectivity index (χ4n) is 2.47. The van der Waals surface area contributed by atoms with Crippen molar-refractivity contribution in [3.8, 4) is 0 Å². The Hall–Kier alpha value is -2.04. The monoisotopic (exact) mass is 229 g/mol. The van der Waals surface area contributed by atoms with Crippen LogP contribution in [0.4, 0.5) is 0 Å². The predicted octanol–water partition coefficient (Wildman–Crippen LogP) is 1.59. The molecule has 1 atom stereocenters. The maximum atomic E-state index is 7.57. The summed E-state index contributed by atoms with van der Waals surface area (Å²) < 4.78 is 0. The number of aromatic nitrogens is 2. The first-order chi connectivity index (χ1) is 8.25. The summed E-state index contributed by atoms with van der Waals surface area (Å²) in [5, 5.41) is 7.57. The molecule has 4 N–H and O–H groups in total. The highest BCUT2D eigenvalue weighted by Gasteiger charge is 2.29. The van der Waals surface area contributed by atoms with Gasteiger partial charge in [-0.2, -0.15) is 0 Å². The molecule has 0 aliphatic carbocycles. The van der Waals surface area contributed by atoms with Crippen LogP contribution in [-0.2, 0) is 0 Å². The van der Waals surface area contributed by atoms with E-state index in [-0.39, 0.29) is 12.0 Å². The first-order valence-corrected chi connectivity index (χ1v) is 5.81. The van der Waals surface area contributed by atoms with Crippen LogP contribution in [0.25, 0.3) is 11.0 Å². The number of fused-ring (bicyclic) bond motifs is 1. The number of hydrogen-bond acceptors (Lipinski definition) is 2. The topological polar surface area (TPSA) is 81.8 Å². The lowest BCUT2D eigenvalue weighted by Gasteiger charge is -2.22. The van der Waals surface area contributed by atoms with E-state index in [9.17, 15) is 0 Å². The minimum absolute atomic E-state index is 0.125. The number of nitrogens with two attached hydrogens (primary N) is 1. The van der Waals surface area contributed by atoms with Crippen LogP contribution in [0.1, 0.15) is 24.7 Å². The highest BCUT2D eigenvalue weighted by molar-refractivity contribution is 5.77. The van der Waals surface area contributed by atoms with E-state index in [0.717, 1.165) is 36.2 Å². The molecule has 2 aromatic rings. The molecule has 5 heteroatoms. The quantitative estimate of drug-likeness (QED) is 0.513. The van der Waals surface area contributed by atoms with Crippen LogP contribution in [0.2, 0.25) is 0 Å². The van der Waals surface area contributed by atoms with Crippen molar-refractivity contribution in [3.63, 3.8) is 0 Å². The highest BCUT2D eigenvalue weighted by Crippen LogP contribution is 2.30. The van der Waals surface area contributed by atoms with E-state index in [0.29, 0.717) is 0 Å². The third-order valence-corrected chi connectivity index (χ3v) is 3.29. The summed E-state index contributed by atoms with van der Waals surface area (Å²) in [6.07, 6.45) is 2.06. The van der Waals surface area contributed by atoms with Crippen molar-refractivity contribution in [3.05, 3.63) is 30.1 Å². The molecular weight excluding hydrogens is 214 g/mol. The maximum Gasteiger partial charge on any atom is 0.189 e. The van der Waals surface area contributed by atoms with Crippen molar-refractivity contribution in [2.45, 2.75) is 18.9 Å². The molecule has 1 aromatic carbocycles. The Balaban J connectivity index is 2.00. The number of nitrogens with zero attached hydrogens (tertiary/aromatic N) is 2. The van der Waals surface area contributed by atoms with Gasteiger partial charge in [0.2, 0.25) is 0 Å². The van der Waals surface area contributed by atoms with Gasteiger partial charge in [-0.15, -0.1) is 0 Å². The van der Waals surface area contributed by atoms with E-state index in [1.165, 1.54) is 0 Å². The molecular formula is C12H15N5. The molecule has 0 bridgehead atoms. The largest absolute Gasteiger partial charge is 0.370 e. The molecule has 17 heavy (non-hydrogen) atoms. The number of para-hydroxylation sites is 2. The summed E-state index contributed by atoms with van der Waals surface area (Å²) in [4.78, 5) is 9.80. The molecule has 3 rings (SSSR count). The maximum absolute atomic E-state index is 7.57. The van der Waals surface area contributed by atoms with Crippen molar-refractivity contribution in [1.29, 1.82) is 5.41 Å². The standard InChI is InChI=1S/C12H15N5/c13-12(14)17-7-3-6-10(17)11-15-8-4-1-2-5-9(8)16-11/h1-2,4-5,10H,3,6-7H2,(H3,13,14)(H,15,16). The Labute approximate surface area is 99.1 Å². The zero-order chi connectivity index (χ0) is 11.8. The third-order valence-electron chi connectivity index (χ3n) is 3.29. The van der Waals surface area contributed by atoms with Gasteiger partial charge in [-0.1, -0.05) is 12.1 Å². The summed E-state index contributed by atoms with van der Waals surface area (Å²) in [5.74, 6) is 1.05. The fourth-order valence-corrected chi connectivity index (χ4v) is 2.47. The molecule has 1 aromatic heterocycles. The van der Waals surface area contributed by atoms with Crippen LogP contribution in [0, 0.1) is 5.41 Å². The van der Waals surface area contributed by atoms with Crippen LogP contribution >= 0.6 is 0 Å². The zero-order valence-electron chi connectivity index (χ0n) is 9.48. The van der Waals surface area contributed by atoms with E-state index in [2.05, 4.69) is 9.97 Å². The van der Waals surface area contributed by atoms with E-state index in [1.54, 1.807) is 0 Å². The van der Waals surface area contributed by atoms with Gasteiger partial charge >= 0.3 is 0 Å². The van der Waals surface area contributed by atoms with E-state index >= 15 is 0 Å². The van der Waals surface area contributed by atoms with Gasteiger partial charge in [0, 0.05) is 6.54 Å². The molecule has 0 amide bonds. The van der Waals surface area contributed by atoms with E-state index < -0.39 is 0 Å². The predicted molar refractivity (Wildman–Crippen MR) is 66.7 cm³/mol. The number of benzene rings is 1. The molecule has 1 unspecified atom stereocenters. The molecule has 1 aliphatic rings. The fraction of sp³-hybridized carbons (Fsp3) is 0.333. The van der Waals surface area contributed by atoms with Crippen LogP contribution in [-0.4, -0.2) is 27.4 Å². The van der Waals surface area contributed by atoms with Crippen LogP contribution in [0.5, 0.6) is 0 Å². The van der Waals surface area contributed by atoms with Crippen molar-refractivity contribution >= 4 is 17.0 Å². The number of H-pyrrole nitrogens is 1. The summed E-state index contributed by atoms with van der Waals surface area (Å²) in [6, 6.07) is 8.09. The molecule has 0 saturated carbocycles. The average molecular weight is 229 g/mol. The number of rotatable bonds is 1. The van der Waals surface area contributed by atoms with Gasteiger partial charge < -0.3 is 15.6 Å². The highest BCUT2D eigenvalue weighted by atomic mass is 15.3. The average Bonchev–Trinajstić information content (AvgIpc) is 2.95. The first-order valence-electron chi connectivity index (χ1n) is 5.81. The molecule has 0 spiro atoms. The second-order valence-corrected chi connectivity index (χ2v) is 4.38. The molecule has 0 radical (unpaired) electrons. The Bertz CT molecular complexity index is 526. The minimum Gasteiger partial charge on any atom is -0.370 e. The zero-order valence-corrected chi connectivity index (χ0v) is 9.48. The molecule has 1 fully saturated rings. The second kappa shape index (κ2) is 3.76. The number of nitrogens with one attached hydrogen (secondary N) is 2. The van der Waals surface area contributed by atoms with Crippen LogP contribution in [0.15, 0.2) is 24.3 Å². The van der Waals surface area contributed by atoms with Crippen molar-refractivity contribution in [2.24, 2.45) is 5.73 Å². The molecule has 1 saturated heterocycles. The summed E-state index contributed by atoms with van der Waals surface area (Å²) in [5.41, 5.74) is 7.60. The normalized spacial score (nSPS) is 20.0. The third kappa shape index (κ3) is 1.63. The summed E-state index contributed by atoms with van der Waals surface area (Å²) in [7, 11) is 0. The van der Waals surface area contributed by atoms with E-state index in [1.807, 2.05) is 29.2 Å². The Morgan fingerprint density at radius 1 is 1.47 bits per heavy atom. The van der Waals surface area contributed by atoms with Gasteiger partial charge in [0.25, 0.3) is 0 Å². The van der Waals surface area contributed by atoms with Gasteiger partial charge in [-0.3, -0.25) is 5.41 Å². The summed E-state index contributed by atoms with van der Waals surface area (Å²) in [6.45, 7) is 0.844. The lowest BCUT2D eigenvalue weighted by atomic mass is 10.2. The molecule has 1 aliphatic heterocycles. The van der Waals surface area contributed by atoms with Crippen molar-refractivity contribution < 1.29 is 0 Å². The number of guanidine groups is 1. The van der Waals surface area contributed by atoms with Gasteiger partial charge in [0.05, 0.1) is 17.1 Å². The lowest BCUT2D eigenvalue weighted by Crippen LogP contribution is -2.36. The number of likely N-dealkylation sites (tertiary alicyclic amines) is 1. The lowest BCUT2D eigenvalue weighted by molar-refractivity contribution is 0.380. The van der Waals surface area contributed by atoms with Gasteiger partial charge in [0.1, 0.15) is 5.82 Å². The van der Waals surface area contributed by atoms with Gasteiger partial charge in [-0.05, 0) is 25.0 Å². The Morgan fingerprint density at radius 3 is 3.06 bits per heavy atom. The SMILES string of the molecule is N=C(N)N1CCCC1c1nc2ccccc2[nH]1. The number of aromatic amines is 1. The molecule has 2 heterocycles. The number of imidazole rings is 1. The molecule has 5 nitrogen and oxygen atoms in total.